The molecule has 2 heterocycles. The quantitative estimate of drug-likeness (QED) is 0.857. The molecular formula is C12H16N2O4. The summed E-state index contributed by atoms with van der Waals surface area (Å²) in [4.78, 5) is 24.9. The normalized spacial score (nSPS) is 18.7. The molecule has 1 aliphatic heterocycles. The van der Waals surface area contributed by atoms with Crippen molar-refractivity contribution in [1.82, 2.24) is 10.1 Å². The minimum atomic E-state index is -0.796. The van der Waals surface area contributed by atoms with E-state index in [0.717, 1.165) is 0 Å². The van der Waals surface area contributed by atoms with Crippen molar-refractivity contribution in [3.05, 3.63) is 17.5 Å². The van der Waals surface area contributed by atoms with Crippen molar-refractivity contribution in [2.75, 3.05) is 13.1 Å². The maximum absolute atomic E-state index is 12.1. The van der Waals surface area contributed by atoms with E-state index in [4.69, 9.17) is 9.63 Å². The third kappa shape index (κ3) is 2.10. The third-order valence-corrected chi connectivity index (χ3v) is 3.65. The highest BCUT2D eigenvalue weighted by Crippen LogP contribution is 2.31. The van der Waals surface area contributed by atoms with E-state index in [0.29, 0.717) is 37.3 Å². The smallest absolute Gasteiger partial charge is 0.309 e. The fourth-order valence-corrected chi connectivity index (χ4v) is 2.09. The first-order valence-corrected chi connectivity index (χ1v) is 5.88. The number of hydrogen-bond acceptors (Lipinski definition) is 4. The molecule has 0 aromatic carbocycles. The molecule has 1 aromatic heterocycles. The van der Waals surface area contributed by atoms with Gasteiger partial charge in [0.05, 0.1) is 11.6 Å². The van der Waals surface area contributed by atoms with Gasteiger partial charge < -0.3 is 14.5 Å². The number of rotatable bonds is 2. The summed E-state index contributed by atoms with van der Waals surface area (Å²) < 4.78 is 4.86. The van der Waals surface area contributed by atoms with Crippen molar-refractivity contribution >= 4 is 11.9 Å². The Morgan fingerprint density at radius 3 is 2.50 bits per heavy atom. The van der Waals surface area contributed by atoms with Gasteiger partial charge in [-0.25, -0.2) is 0 Å². The number of carboxylic acids is 1. The lowest BCUT2D eigenvalue weighted by atomic mass is 9.80. The molecule has 1 amide bonds. The summed E-state index contributed by atoms with van der Waals surface area (Å²) in [5.41, 5.74) is -0.269. The zero-order valence-corrected chi connectivity index (χ0v) is 10.5. The molecule has 0 atom stereocenters. The van der Waals surface area contributed by atoms with E-state index in [1.807, 2.05) is 0 Å². The fourth-order valence-electron chi connectivity index (χ4n) is 2.09. The van der Waals surface area contributed by atoms with Crippen LogP contribution in [0.3, 0.4) is 0 Å². The largest absolute Gasteiger partial charge is 0.481 e. The number of hydrogen-bond donors (Lipinski definition) is 1. The van der Waals surface area contributed by atoms with E-state index in [9.17, 15) is 9.59 Å². The molecule has 0 unspecified atom stereocenters. The van der Waals surface area contributed by atoms with Crippen LogP contribution in [0.25, 0.3) is 0 Å². The van der Waals surface area contributed by atoms with Crippen LogP contribution >= 0.6 is 0 Å². The molecule has 98 valence electrons. The fraction of sp³-hybridized carbons (Fsp3) is 0.583. The minimum Gasteiger partial charge on any atom is -0.481 e. The van der Waals surface area contributed by atoms with E-state index in [1.54, 1.807) is 18.7 Å². The highest BCUT2D eigenvalue weighted by atomic mass is 16.5. The predicted octanol–water partition coefficient (Wildman–Crippen LogP) is 1.31. The molecule has 1 fully saturated rings. The van der Waals surface area contributed by atoms with Crippen LogP contribution in [0.15, 0.2) is 10.7 Å². The molecule has 18 heavy (non-hydrogen) atoms. The number of amides is 1. The third-order valence-electron chi connectivity index (χ3n) is 3.65. The van der Waals surface area contributed by atoms with Gasteiger partial charge in [0.15, 0.2) is 0 Å². The second kappa shape index (κ2) is 4.44. The first-order chi connectivity index (χ1) is 8.44. The first-order valence-electron chi connectivity index (χ1n) is 5.88. The van der Waals surface area contributed by atoms with E-state index >= 15 is 0 Å². The van der Waals surface area contributed by atoms with Crippen LogP contribution in [-0.2, 0) is 4.79 Å². The Hall–Kier alpha value is -1.85. The van der Waals surface area contributed by atoms with Crippen molar-refractivity contribution in [3.63, 3.8) is 0 Å². The molecule has 2 rings (SSSR count). The molecule has 0 aliphatic carbocycles. The standard InChI is InChI=1S/C12H16N2O4/c1-8-9(7-13-18-8)10(15)14-5-3-12(2,4-6-14)11(16)17/h7H,3-6H2,1-2H3,(H,16,17). The van der Waals surface area contributed by atoms with Crippen LogP contribution in [-0.4, -0.2) is 40.1 Å². The zero-order chi connectivity index (χ0) is 13.3. The van der Waals surface area contributed by atoms with Crippen molar-refractivity contribution in [2.45, 2.75) is 26.7 Å². The van der Waals surface area contributed by atoms with E-state index in [-0.39, 0.29) is 5.91 Å². The highest BCUT2D eigenvalue weighted by Gasteiger charge is 2.38. The molecule has 6 heteroatoms. The molecule has 1 aliphatic rings. The highest BCUT2D eigenvalue weighted by molar-refractivity contribution is 5.95. The molecule has 1 saturated heterocycles. The summed E-state index contributed by atoms with van der Waals surface area (Å²) in [6.07, 6.45) is 2.35. The lowest BCUT2D eigenvalue weighted by Crippen LogP contribution is -2.45. The average molecular weight is 252 g/mol. The molecule has 0 radical (unpaired) electrons. The Kier molecular flexibility index (Phi) is 3.11. The Bertz CT molecular complexity index is 472. The maximum Gasteiger partial charge on any atom is 0.309 e. The van der Waals surface area contributed by atoms with Crippen LogP contribution in [0.4, 0.5) is 0 Å². The van der Waals surface area contributed by atoms with Gasteiger partial charge in [0, 0.05) is 13.1 Å². The summed E-state index contributed by atoms with van der Waals surface area (Å²) >= 11 is 0. The predicted molar refractivity (Wildman–Crippen MR) is 62.1 cm³/mol. The number of aliphatic carboxylic acids is 1. The lowest BCUT2D eigenvalue weighted by molar-refractivity contribution is -0.150. The van der Waals surface area contributed by atoms with Gasteiger partial charge in [-0.2, -0.15) is 0 Å². The van der Waals surface area contributed by atoms with Crippen molar-refractivity contribution in [3.8, 4) is 0 Å². The number of carbonyl (C=O) groups excluding carboxylic acids is 1. The van der Waals surface area contributed by atoms with Crippen LogP contribution in [0.1, 0.15) is 35.9 Å². The van der Waals surface area contributed by atoms with E-state index in [1.165, 1.54) is 6.20 Å². The number of carbonyl (C=O) groups is 2. The van der Waals surface area contributed by atoms with Gasteiger partial charge in [-0.15, -0.1) is 0 Å². The van der Waals surface area contributed by atoms with Gasteiger partial charge >= 0.3 is 5.97 Å². The van der Waals surface area contributed by atoms with Gasteiger partial charge in [0.1, 0.15) is 11.3 Å². The lowest BCUT2D eigenvalue weighted by Gasteiger charge is -2.36. The van der Waals surface area contributed by atoms with Crippen molar-refractivity contribution in [2.24, 2.45) is 5.41 Å². The molecule has 6 nitrogen and oxygen atoms in total. The Morgan fingerprint density at radius 1 is 1.44 bits per heavy atom. The number of aromatic nitrogens is 1. The van der Waals surface area contributed by atoms with Crippen LogP contribution in [0.5, 0.6) is 0 Å². The molecule has 0 spiro atoms. The Morgan fingerprint density at radius 2 is 2.06 bits per heavy atom. The van der Waals surface area contributed by atoms with Crippen LogP contribution < -0.4 is 0 Å². The van der Waals surface area contributed by atoms with E-state index in [2.05, 4.69) is 5.16 Å². The minimum absolute atomic E-state index is 0.138. The second-order valence-electron chi connectivity index (χ2n) is 4.95. The zero-order valence-electron chi connectivity index (χ0n) is 10.5. The monoisotopic (exact) mass is 252 g/mol. The van der Waals surface area contributed by atoms with Gasteiger partial charge in [-0.3, -0.25) is 9.59 Å². The first kappa shape index (κ1) is 12.6. The Labute approximate surface area is 105 Å². The number of aryl methyl sites for hydroxylation is 1. The number of carboxylic acid groups (broad SMARTS) is 1. The SMILES string of the molecule is Cc1oncc1C(=O)N1CCC(C)(C(=O)O)CC1. The summed E-state index contributed by atoms with van der Waals surface area (Å²) in [6.45, 7) is 4.31. The molecule has 0 saturated carbocycles. The molecule has 1 aromatic rings. The summed E-state index contributed by atoms with van der Waals surface area (Å²) in [5.74, 6) is -0.441. The number of nitrogens with zero attached hydrogens (tertiary/aromatic N) is 2. The maximum atomic E-state index is 12.1. The van der Waals surface area contributed by atoms with Gasteiger partial charge in [-0.05, 0) is 26.7 Å². The van der Waals surface area contributed by atoms with Gasteiger partial charge in [-0.1, -0.05) is 5.16 Å². The molecule has 1 N–H and O–H groups in total. The topological polar surface area (TPSA) is 83.6 Å². The average Bonchev–Trinajstić information content (AvgIpc) is 2.75. The van der Waals surface area contributed by atoms with E-state index < -0.39 is 11.4 Å². The van der Waals surface area contributed by atoms with Gasteiger partial charge in [0.25, 0.3) is 5.91 Å². The van der Waals surface area contributed by atoms with Gasteiger partial charge in [0.2, 0.25) is 0 Å². The van der Waals surface area contributed by atoms with Crippen LogP contribution in [0, 0.1) is 12.3 Å². The summed E-state index contributed by atoms with van der Waals surface area (Å²) in [5, 5.41) is 12.7. The van der Waals surface area contributed by atoms with Crippen LogP contribution in [0.2, 0.25) is 0 Å². The molecular weight excluding hydrogens is 236 g/mol. The van der Waals surface area contributed by atoms with Crippen molar-refractivity contribution in [1.29, 1.82) is 0 Å². The summed E-state index contributed by atoms with van der Waals surface area (Å²) in [7, 11) is 0. The Balaban J connectivity index is 2.05. The van der Waals surface area contributed by atoms with Crippen molar-refractivity contribution < 1.29 is 19.2 Å². The number of likely N-dealkylation sites (tertiary alicyclic amines) is 1. The second-order valence-corrected chi connectivity index (χ2v) is 4.95. The molecule has 0 bridgehead atoms. The summed E-state index contributed by atoms with van der Waals surface area (Å²) in [6, 6.07) is 0. The number of piperidine rings is 1.